The summed E-state index contributed by atoms with van der Waals surface area (Å²) in [4.78, 5) is 42.5. The van der Waals surface area contributed by atoms with E-state index in [9.17, 15) is 14.4 Å². The molecule has 1 aliphatic heterocycles. The van der Waals surface area contributed by atoms with E-state index in [-0.39, 0.29) is 12.3 Å². The van der Waals surface area contributed by atoms with Crippen molar-refractivity contribution in [2.45, 2.75) is 19.0 Å². The monoisotopic (exact) mass is 428 g/mol. The van der Waals surface area contributed by atoms with Crippen LogP contribution in [0.4, 0.5) is 0 Å². The highest BCUT2D eigenvalue weighted by molar-refractivity contribution is 6.22. The van der Waals surface area contributed by atoms with Crippen LogP contribution < -0.4 is 4.74 Å². The van der Waals surface area contributed by atoms with Crippen molar-refractivity contribution >= 4 is 17.7 Å². The Morgan fingerprint density at radius 2 is 1.41 bits per heavy atom. The SMILES string of the molecule is COc1ccc(CN(C)C(=O)[C@@H](Cc2ccccc2)N2C(=O)c3ccccc3C2=O)cc1. The highest BCUT2D eigenvalue weighted by Gasteiger charge is 2.43. The number of ether oxygens (including phenoxy) is 1. The second-order valence-corrected chi connectivity index (χ2v) is 7.77. The average Bonchev–Trinajstić information content (AvgIpc) is 3.08. The summed E-state index contributed by atoms with van der Waals surface area (Å²) in [6, 6.07) is 22.6. The lowest BCUT2D eigenvalue weighted by atomic mass is 10.0. The summed E-state index contributed by atoms with van der Waals surface area (Å²) in [6.07, 6.45) is 0.248. The molecular formula is C26H24N2O4. The second kappa shape index (κ2) is 9.06. The first-order valence-electron chi connectivity index (χ1n) is 10.4. The van der Waals surface area contributed by atoms with Crippen LogP contribution in [0.5, 0.6) is 5.75 Å². The maximum atomic E-state index is 13.6. The van der Waals surface area contributed by atoms with Crippen LogP contribution in [0.1, 0.15) is 31.8 Å². The van der Waals surface area contributed by atoms with E-state index < -0.39 is 17.9 Å². The lowest BCUT2D eigenvalue weighted by molar-refractivity contribution is -0.134. The van der Waals surface area contributed by atoms with Crippen molar-refractivity contribution in [1.29, 1.82) is 0 Å². The standard InChI is InChI=1S/C26H24N2O4/c1-27(17-19-12-14-20(32-2)15-13-19)26(31)23(16-18-8-4-3-5-9-18)28-24(29)21-10-6-7-11-22(21)25(28)30/h3-15,23H,16-17H2,1-2H3/t23-/m1/s1. The van der Waals surface area contributed by atoms with Crippen LogP contribution in [0, 0.1) is 0 Å². The molecule has 32 heavy (non-hydrogen) atoms. The molecule has 0 saturated carbocycles. The Balaban J connectivity index is 1.62. The number of carbonyl (C=O) groups is 3. The Kier molecular flexibility index (Phi) is 6.03. The van der Waals surface area contributed by atoms with Crippen molar-refractivity contribution in [2.75, 3.05) is 14.2 Å². The highest BCUT2D eigenvalue weighted by Crippen LogP contribution is 2.27. The zero-order valence-corrected chi connectivity index (χ0v) is 18.0. The van der Waals surface area contributed by atoms with Gasteiger partial charge in [0.25, 0.3) is 11.8 Å². The molecule has 0 radical (unpaired) electrons. The van der Waals surface area contributed by atoms with E-state index in [1.807, 2.05) is 54.6 Å². The highest BCUT2D eigenvalue weighted by atomic mass is 16.5. The number of hydrogen-bond acceptors (Lipinski definition) is 4. The molecule has 1 aliphatic rings. The van der Waals surface area contributed by atoms with Crippen molar-refractivity contribution in [1.82, 2.24) is 9.80 Å². The number of benzene rings is 3. The average molecular weight is 428 g/mol. The molecule has 1 atom stereocenters. The molecule has 0 aromatic heterocycles. The van der Waals surface area contributed by atoms with Crippen LogP contribution in [0.15, 0.2) is 78.9 Å². The fourth-order valence-corrected chi connectivity index (χ4v) is 3.95. The summed E-state index contributed by atoms with van der Waals surface area (Å²) in [5, 5.41) is 0. The van der Waals surface area contributed by atoms with Crippen molar-refractivity contribution in [2.24, 2.45) is 0 Å². The molecule has 0 saturated heterocycles. The molecular weight excluding hydrogens is 404 g/mol. The largest absolute Gasteiger partial charge is 0.497 e. The lowest BCUT2D eigenvalue weighted by Gasteiger charge is -2.29. The molecule has 0 bridgehead atoms. The fourth-order valence-electron chi connectivity index (χ4n) is 3.95. The third kappa shape index (κ3) is 4.12. The molecule has 6 heteroatoms. The van der Waals surface area contributed by atoms with Gasteiger partial charge in [0.2, 0.25) is 5.91 Å². The van der Waals surface area contributed by atoms with E-state index in [0.717, 1.165) is 21.8 Å². The summed E-state index contributed by atoms with van der Waals surface area (Å²) >= 11 is 0. The molecule has 1 heterocycles. The van der Waals surface area contributed by atoms with E-state index in [0.29, 0.717) is 17.7 Å². The van der Waals surface area contributed by atoms with Gasteiger partial charge in [-0.05, 0) is 35.4 Å². The third-order valence-electron chi connectivity index (χ3n) is 5.65. The Hall–Kier alpha value is -3.93. The van der Waals surface area contributed by atoms with Crippen molar-refractivity contribution in [3.05, 3.63) is 101 Å². The van der Waals surface area contributed by atoms with E-state index in [1.165, 1.54) is 0 Å². The van der Waals surface area contributed by atoms with Gasteiger partial charge in [0, 0.05) is 20.0 Å². The smallest absolute Gasteiger partial charge is 0.262 e. The number of nitrogens with zero attached hydrogens (tertiary/aromatic N) is 2. The van der Waals surface area contributed by atoms with Gasteiger partial charge >= 0.3 is 0 Å². The van der Waals surface area contributed by atoms with Crippen LogP contribution in [-0.2, 0) is 17.8 Å². The number of carbonyl (C=O) groups excluding carboxylic acids is 3. The second-order valence-electron chi connectivity index (χ2n) is 7.77. The van der Waals surface area contributed by atoms with Gasteiger partial charge in [-0.3, -0.25) is 19.3 Å². The van der Waals surface area contributed by atoms with Gasteiger partial charge in [-0.1, -0.05) is 54.6 Å². The van der Waals surface area contributed by atoms with E-state index in [2.05, 4.69) is 0 Å². The van der Waals surface area contributed by atoms with Crippen LogP contribution in [0.25, 0.3) is 0 Å². The third-order valence-corrected chi connectivity index (χ3v) is 5.65. The van der Waals surface area contributed by atoms with Crippen molar-refractivity contribution < 1.29 is 19.1 Å². The van der Waals surface area contributed by atoms with Gasteiger partial charge in [0.05, 0.1) is 18.2 Å². The molecule has 0 N–H and O–H groups in total. The molecule has 4 rings (SSSR count). The number of methoxy groups -OCH3 is 1. The summed E-state index contributed by atoms with van der Waals surface area (Å²) in [7, 11) is 3.28. The number of imide groups is 1. The minimum absolute atomic E-state index is 0.248. The van der Waals surface area contributed by atoms with Crippen molar-refractivity contribution in [3.63, 3.8) is 0 Å². The Labute approximate surface area is 187 Å². The predicted octanol–water partition coefficient (Wildman–Crippen LogP) is 3.56. The molecule has 0 aliphatic carbocycles. The zero-order chi connectivity index (χ0) is 22.7. The van der Waals surface area contributed by atoms with Crippen LogP contribution >= 0.6 is 0 Å². The number of rotatable bonds is 7. The van der Waals surface area contributed by atoms with E-state index >= 15 is 0 Å². The first-order valence-corrected chi connectivity index (χ1v) is 10.4. The van der Waals surface area contributed by atoms with E-state index in [4.69, 9.17) is 4.74 Å². The van der Waals surface area contributed by atoms with Crippen LogP contribution in [0.3, 0.4) is 0 Å². The summed E-state index contributed by atoms with van der Waals surface area (Å²) in [5.74, 6) is -0.426. The first-order chi connectivity index (χ1) is 15.5. The fraction of sp³-hybridized carbons (Fsp3) is 0.192. The minimum Gasteiger partial charge on any atom is -0.497 e. The Morgan fingerprint density at radius 3 is 1.97 bits per heavy atom. The van der Waals surface area contributed by atoms with Gasteiger partial charge in [-0.2, -0.15) is 0 Å². The maximum Gasteiger partial charge on any atom is 0.262 e. The zero-order valence-electron chi connectivity index (χ0n) is 18.0. The number of hydrogen-bond donors (Lipinski definition) is 0. The first kappa shape index (κ1) is 21.3. The topological polar surface area (TPSA) is 66.9 Å². The van der Waals surface area contributed by atoms with Gasteiger partial charge in [-0.15, -0.1) is 0 Å². The van der Waals surface area contributed by atoms with Crippen LogP contribution in [-0.4, -0.2) is 47.7 Å². The number of amides is 3. The maximum absolute atomic E-state index is 13.6. The molecule has 3 aromatic rings. The molecule has 162 valence electrons. The Morgan fingerprint density at radius 1 is 0.844 bits per heavy atom. The summed E-state index contributed by atoms with van der Waals surface area (Å²) in [5.41, 5.74) is 2.46. The molecule has 6 nitrogen and oxygen atoms in total. The van der Waals surface area contributed by atoms with Crippen LogP contribution in [0.2, 0.25) is 0 Å². The molecule has 0 spiro atoms. The van der Waals surface area contributed by atoms with Crippen molar-refractivity contribution in [3.8, 4) is 5.75 Å². The molecule has 0 unspecified atom stereocenters. The quantitative estimate of drug-likeness (QED) is 0.540. The number of fused-ring (bicyclic) bond motifs is 1. The molecule has 0 fully saturated rings. The minimum atomic E-state index is -0.937. The number of likely N-dealkylation sites (N-methyl/N-ethyl adjacent to an activating group) is 1. The molecule has 3 aromatic carbocycles. The molecule has 3 amide bonds. The normalized spacial score (nSPS) is 13.6. The summed E-state index contributed by atoms with van der Waals surface area (Å²) < 4.78 is 5.19. The lowest BCUT2D eigenvalue weighted by Crippen LogP contribution is -2.51. The predicted molar refractivity (Wildman–Crippen MR) is 120 cm³/mol. The van der Waals surface area contributed by atoms with Gasteiger partial charge < -0.3 is 9.64 Å². The van der Waals surface area contributed by atoms with Gasteiger partial charge in [-0.25, -0.2) is 0 Å². The van der Waals surface area contributed by atoms with E-state index in [1.54, 1.807) is 43.3 Å². The summed E-state index contributed by atoms with van der Waals surface area (Å²) in [6.45, 7) is 0.345. The van der Waals surface area contributed by atoms with Gasteiger partial charge in [0.15, 0.2) is 0 Å². The Bertz CT molecular complexity index is 1110. The van der Waals surface area contributed by atoms with Gasteiger partial charge in [0.1, 0.15) is 11.8 Å².